The lowest BCUT2D eigenvalue weighted by atomic mass is 9.93. The summed E-state index contributed by atoms with van der Waals surface area (Å²) in [5, 5.41) is 8.86. The summed E-state index contributed by atoms with van der Waals surface area (Å²) in [4.78, 5) is 29.1. The minimum absolute atomic E-state index is 0.00315. The average molecular weight is 296 g/mol. The molecule has 0 unspecified atom stereocenters. The van der Waals surface area contributed by atoms with Gasteiger partial charge in [-0.05, 0) is 36.6 Å². The Morgan fingerprint density at radius 1 is 1.23 bits per heavy atom. The van der Waals surface area contributed by atoms with Gasteiger partial charge in [-0.2, -0.15) is 0 Å². The molecule has 1 amide bonds. The van der Waals surface area contributed by atoms with Crippen molar-refractivity contribution in [1.82, 2.24) is 9.88 Å². The van der Waals surface area contributed by atoms with Crippen LogP contribution in [0.2, 0.25) is 0 Å². The fraction of sp³-hybridized carbons (Fsp3) is 0.235. The summed E-state index contributed by atoms with van der Waals surface area (Å²) < 4.78 is 0. The highest BCUT2D eigenvalue weighted by Crippen LogP contribution is 2.30. The predicted molar refractivity (Wildman–Crippen MR) is 80.8 cm³/mol. The molecule has 5 heteroatoms. The van der Waals surface area contributed by atoms with Gasteiger partial charge in [-0.15, -0.1) is 0 Å². The fourth-order valence-electron chi connectivity index (χ4n) is 2.86. The van der Waals surface area contributed by atoms with E-state index in [1.165, 1.54) is 23.9 Å². The number of fused-ring (bicyclic) bond motifs is 1. The van der Waals surface area contributed by atoms with Crippen LogP contribution >= 0.6 is 0 Å². The molecule has 1 aromatic heterocycles. The van der Waals surface area contributed by atoms with Gasteiger partial charge in [-0.1, -0.05) is 24.3 Å². The topological polar surface area (TPSA) is 70.5 Å². The van der Waals surface area contributed by atoms with Crippen LogP contribution in [0.5, 0.6) is 0 Å². The van der Waals surface area contributed by atoms with Crippen LogP contribution in [0.15, 0.2) is 42.6 Å². The van der Waals surface area contributed by atoms with Gasteiger partial charge in [0.2, 0.25) is 0 Å². The molecule has 5 nitrogen and oxygen atoms in total. The summed E-state index contributed by atoms with van der Waals surface area (Å²) >= 11 is 0. The van der Waals surface area contributed by atoms with Crippen LogP contribution in [-0.2, 0) is 6.42 Å². The van der Waals surface area contributed by atoms with Gasteiger partial charge in [0.1, 0.15) is 5.69 Å². The minimum Gasteiger partial charge on any atom is -0.477 e. The number of hydrogen-bond acceptors (Lipinski definition) is 3. The molecule has 2 heterocycles. The van der Waals surface area contributed by atoms with Crippen molar-refractivity contribution < 1.29 is 14.7 Å². The van der Waals surface area contributed by atoms with Crippen molar-refractivity contribution in [2.24, 2.45) is 0 Å². The highest BCUT2D eigenvalue weighted by atomic mass is 16.4. The third-order valence-electron chi connectivity index (χ3n) is 4.09. The molecule has 0 fully saturated rings. The van der Waals surface area contributed by atoms with Crippen LogP contribution in [0.4, 0.5) is 0 Å². The van der Waals surface area contributed by atoms with E-state index in [9.17, 15) is 9.59 Å². The zero-order valence-corrected chi connectivity index (χ0v) is 12.2. The number of rotatable bonds is 2. The molecule has 112 valence electrons. The van der Waals surface area contributed by atoms with Gasteiger partial charge in [-0.25, -0.2) is 9.78 Å². The number of aromatic nitrogens is 1. The van der Waals surface area contributed by atoms with Crippen LogP contribution in [0.25, 0.3) is 0 Å². The number of carbonyl (C=O) groups excluding carboxylic acids is 1. The number of carbonyl (C=O) groups is 2. The lowest BCUT2D eigenvalue weighted by Gasteiger charge is -2.35. The number of pyridine rings is 1. The highest BCUT2D eigenvalue weighted by Gasteiger charge is 2.28. The molecule has 1 aromatic carbocycles. The minimum atomic E-state index is -1.10. The van der Waals surface area contributed by atoms with E-state index in [4.69, 9.17) is 5.11 Å². The second-order valence-corrected chi connectivity index (χ2v) is 5.36. The maximum atomic E-state index is 12.6. The third kappa shape index (κ3) is 2.45. The normalized spacial score (nSPS) is 17.0. The first-order valence-corrected chi connectivity index (χ1v) is 7.16. The number of benzene rings is 1. The van der Waals surface area contributed by atoms with E-state index in [2.05, 4.69) is 11.1 Å². The number of carboxylic acid groups (broad SMARTS) is 1. The van der Waals surface area contributed by atoms with Gasteiger partial charge < -0.3 is 10.0 Å². The zero-order valence-electron chi connectivity index (χ0n) is 12.2. The van der Waals surface area contributed by atoms with E-state index in [1.807, 2.05) is 25.1 Å². The number of carboxylic acids is 1. The first-order valence-electron chi connectivity index (χ1n) is 7.16. The molecule has 0 saturated heterocycles. The summed E-state index contributed by atoms with van der Waals surface area (Å²) in [5.74, 6) is -1.22. The molecular weight excluding hydrogens is 280 g/mol. The van der Waals surface area contributed by atoms with Gasteiger partial charge in [0.15, 0.2) is 0 Å². The van der Waals surface area contributed by atoms with Crippen LogP contribution in [0.3, 0.4) is 0 Å². The van der Waals surface area contributed by atoms with Crippen LogP contribution in [0.1, 0.15) is 44.9 Å². The molecule has 1 N–H and O–H groups in total. The fourth-order valence-corrected chi connectivity index (χ4v) is 2.86. The lowest BCUT2D eigenvalue weighted by molar-refractivity contribution is 0.0667. The van der Waals surface area contributed by atoms with Gasteiger partial charge in [-0.3, -0.25) is 4.79 Å². The van der Waals surface area contributed by atoms with Gasteiger partial charge in [0.25, 0.3) is 5.91 Å². The van der Waals surface area contributed by atoms with E-state index in [-0.39, 0.29) is 17.6 Å². The molecule has 0 spiro atoms. The van der Waals surface area contributed by atoms with Gasteiger partial charge in [0, 0.05) is 12.7 Å². The Labute approximate surface area is 128 Å². The molecule has 0 radical (unpaired) electrons. The summed E-state index contributed by atoms with van der Waals surface area (Å²) in [5.41, 5.74) is 2.79. The Kier molecular flexibility index (Phi) is 3.63. The number of aromatic carboxylic acids is 1. The van der Waals surface area contributed by atoms with Crippen molar-refractivity contribution in [3.63, 3.8) is 0 Å². The number of amides is 1. The SMILES string of the molecule is C[C@@H]1c2ccccc2CCN1C(=O)c1ccc(C(=O)O)nc1. The molecule has 2 aromatic rings. The van der Waals surface area contributed by atoms with Crippen LogP contribution < -0.4 is 0 Å². The van der Waals surface area contributed by atoms with Crippen molar-refractivity contribution in [2.45, 2.75) is 19.4 Å². The molecule has 1 aliphatic heterocycles. The highest BCUT2D eigenvalue weighted by molar-refractivity contribution is 5.95. The Bertz CT molecular complexity index is 725. The molecular formula is C17H16N2O3. The molecule has 22 heavy (non-hydrogen) atoms. The van der Waals surface area contributed by atoms with Crippen LogP contribution in [-0.4, -0.2) is 33.4 Å². The summed E-state index contributed by atoms with van der Waals surface area (Å²) in [6, 6.07) is 11.0. The second-order valence-electron chi connectivity index (χ2n) is 5.36. The molecule has 0 bridgehead atoms. The number of hydrogen-bond donors (Lipinski definition) is 1. The molecule has 1 atom stereocenters. The third-order valence-corrected chi connectivity index (χ3v) is 4.09. The maximum absolute atomic E-state index is 12.6. The summed E-state index contributed by atoms with van der Waals surface area (Å²) in [6.45, 7) is 2.66. The average Bonchev–Trinajstić information content (AvgIpc) is 2.55. The Hall–Kier alpha value is -2.69. The largest absolute Gasteiger partial charge is 0.477 e. The van der Waals surface area contributed by atoms with Crippen molar-refractivity contribution in [1.29, 1.82) is 0 Å². The number of nitrogens with zero attached hydrogens (tertiary/aromatic N) is 2. The zero-order chi connectivity index (χ0) is 15.7. The van der Waals surface area contributed by atoms with Crippen molar-refractivity contribution >= 4 is 11.9 Å². The van der Waals surface area contributed by atoms with Crippen LogP contribution in [0, 0.1) is 0 Å². The quantitative estimate of drug-likeness (QED) is 0.924. The van der Waals surface area contributed by atoms with Crippen molar-refractivity contribution in [3.8, 4) is 0 Å². The van der Waals surface area contributed by atoms with E-state index >= 15 is 0 Å². The van der Waals surface area contributed by atoms with E-state index < -0.39 is 5.97 Å². The first-order chi connectivity index (χ1) is 10.6. The summed E-state index contributed by atoms with van der Waals surface area (Å²) in [7, 11) is 0. The summed E-state index contributed by atoms with van der Waals surface area (Å²) in [6.07, 6.45) is 2.16. The standard InChI is InChI=1S/C17H16N2O3/c1-11-14-5-3-2-4-12(14)8-9-19(11)16(20)13-6-7-15(17(21)22)18-10-13/h2-7,10-11H,8-9H2,1H3,(H,21,22)/t11-/m1/s1. The Morgan fingerprint density at radius 3 is 2.68 bits per heavy atom. The Balaban J connectivity index is 1.85. The maximum Gasteiger partial charge on any atom is 0.354 e. The smallest absolute Gasteiger partial charge is 0.354 e. The van der Waals surface area contributed by atoms with Crippen molar-refractivity contribution in [3.05, 3.63) is 65.0 Å². The molecule has 0 aliphatic carbocycles. The van der Waals surface area contributed by atoms with Gasteiger partial charge in [0.05, 0.1) is 11.6 Å². The molecule has 1 aliphatic rings. The first kappa shape index (κ1) is 14.3. The molecule has 3 rings (SSSR count). The van der Waals surface area contributed by atoms with E-state index in [0.717, 1.165) is 12.0 Å². The predicted octanol–water partition coefficient (Wildman–Crippen LogP) is 2.54. The van der Waals surface area contributed by atoms with Crippen molar-refractivity contribution in [2.75, 3.05) is 6.54 Å². The molecule has 0 saturated carbocycles. The van der Waals surface area contributed by atoms with Gasteiger partial charge >= 0.3 is 5.97 Å². The van der Waals surface area contributed by atoms with E-state index in [0.29, 0.717) is 12.1 Å². The lowest BCUT2D eigenvalue weighted by Crippen LogP contribution is -2.38. The monoisotopic (exact) mass is 296 g/mol. The second kappa shape index (κ2) is 5.60. The Morgan fingerprint density at radius 2 is 2.00 bits per heavy atom. The van der Waals surface area contributed by atoms with E-state index in [1.54, 1.807) is 4.90 Å².